The molecule has 1 saturated carbocycles. The molecular formula is C20H25N3O5. The molecule has 0 radical (unpaired) electrons. The lowest BCUT2D eigenvalue weighted by atomic mass is 9.84. The monoisotopic (exact) mass is 387 g/mol. The molecule has 1 spiro atoms. The number of hydrogen-bond acceptors (Lipinski definition) is 4. The zero-order valence-corrected chi connectivity index (χ0v) is 15.7. The van der Waals surface area contributed by atoms with Crippen molar-refractivity contribution in [2.45, 2.75) is 12.8 Å². The highest BCUT2D eigenvalue weighted by molar-refractivity contribution is 5.84. The lowest BCUT2D eigenvalue weighted by Crippen LogP contribution is -2.51. The molecule has 0 aromatic heterocycles. The second-order valence-corrected chi connectivity index (χ2v) is 8.17. The molecule has 0 bridgehead atoms. The highest BCUT2D eigenvalue weighted by atomic mass is 16.4. The number of benzene rings is 1. The molecule has 2 saturated heterocycles. The van der Waals surface area contributed by atoms with E-state index in [0.29, 0.717) is 25.9 Å². The highest BCUT2D eigenvalue weighted by Gasteiger charge is 2.63. The third kappa shape index (κ3) is 3.39. The number of carbonyl (C=O) groups excluding carboxylic acids is 1. The molecule has 2 aliphatic heterocycles. The van der Waals surface area contributed by atoms with Crippen LogP contribution in [0.5, 0.6) is 0 Å². The average molecular weight is 387 g/mol. The standard InChI is InChI=1S/C20H25N3O5/c24-17(22-8-6-21(7-9-22)15-4-2-1-3-5-15)16-11-20(16)10-14(18(25)26)12-23(13-20)19(27)28/h1-5,14,16H,6-13H2,(H,25,26)(H,27,28). The number of hydrogen-bond donors (Lipinski definition) is 2. The summed E-state index contributed by atoms with van der Waals surface area (Å²) in [6.45, 7) is 3.04. The SMILES string of the molecule is O=C(O)C1CN(C(=O)O)CC2(C1)CC2C(=O)N1CCN(c2ccccc2)CC1. The molecule has 1 aliphatic carbocycles. The number of rotatable bonds is 3. The van der Waals surface area contributed by atoms with Crippen LogP contribution < -0.4 is 4.90 Å². The van der Waals surface area contributed by atoms with E-state index >= 15 is 0 Å². The van der Waals surface area contributed by atoms with Crippen LogP contribution >= 0.6 is 0 Å². The van der Waals surface area contributed by atoms with E-state index in [1.54, 1.807) is 0 Å². The van der Waals surface area contributed by atoms with Gasteiger partial charge in [0.25, 0.3) is 0 Å². The molecule has 8 heteroatoms. The van der Waals surface area contributed by atoms with E-state index in [2.05, 4.69) is 17.0 Å². The van der Waals surface area contributed by atoms with Crippen LogP contribution in [-0.4, -0.2) is 77.3 Å². The Kier molecular flexibility index (Phi) is 4.64. The summed E-state index contributed by atoms with van der Waals surface area (Å²) < 4.78 is 0. The molecule has 4 rings (SSSR count). The van der Waals surface area contributed by atoms with Crippen molar-refractivity contribution in [3.8, 4) is 0 Å². The predicted octanol–water partition coefficient (Wildman–Crippen LogP) is 1.43. The predicted molar refractivity (Wildman–Crippen MR) is 101 cm³/mol. The van der Waals surface area contributed by atoms with E-state index < -0.39 is 23.4 Å². The Morgan fingerprint density at radius 3 is 2.21 bits per heavy atom. The average Bonchev–Trinajstić information content (AvgIpc) is 3.40. The van der Waals surface area contributed by atoms with Gasteiger partial charge < -0.3 is 24.9 Å². The Morgan fingerprint density at radius 1 is 0.929 bits per heavy atom. The van der Waals surface area contributed by atoms with Gasteiger partial charge in [-0.15, -0.1) is 0 Å². The van der Waals surface area contributed by atoms with E-state index in [9.17, 15) is 24.6 Å². The summed E-state index contributed by atoms with van der Waals surface area (Å²) in [4.78, 5) is 41.2. The largest absolute Gasteiger partial charge is 0.481 e. The van der Waals surface area contributed by atoms with Crippen molar-refractivity contribution in [3.05, 3.63) is 30.3 Å². The Bertz CT molecular complexity index is 753. The third-order valence-corrected chi connectivity index (χ3v) is 6.42. The number of para-hydroxylation sites is 1. The summed E-state index contributed by atoms with van der Waals surface area (Å²) in [6.07, 6.45) is -0.148. The van der Waals surface area contributed by atoms with E-state index in [4.69, 9.17) is 0 Å². The van der Waals surface area contributed by atoms with Gasteiger partial charge in [0.2, 0.25) is 5.91 Å². The Morgan fingerprint density at radius 2 is 1.61 bits per heavy atom. The maximum absolute atomic E-state index is 13.0. The lowest BCUT2D eigenvalue weighted by molar-refractivity contribution is -0.145. The number of carboxylic acids is 1. The van der Waals surface area contributed by atoms with Gasteiger partial charge in [0, 0.05) is 56.3 Å². The number of amides is 2. The molecule has 3 atom stereocenters. The van der Waals surface area contributed by atoms with Gasteiger partial charge in [0.05, 0.1) is 5.92 Å². The molecule has 150 valence electrons. The van der Waals surface area contributed by atoms with Gasteiger partial charge in [-0.25, -0.2) is 4.79 Å². The first-order valence-corrected chi connectivity index (χ1v) is 9.69. The molecule has 1 aromatic carbocycles. The van der Waals surface area contributed by atoms with Crippen LogP contribution in [0.2, 0.25) is 0 Å². The van der Waals surface area contributed by atoms with Gasteiger partial charge in [-0.3, -0.25) is 9.59 Å². The zero-order chi connectivity index (χ0) is 19.9. The Balaban J connectivity index is 1.39. The number of anilines is 1. The summed E-state index contributed by atoms with van der Waals surface area (Å²) in [5.74, 6) is -1.94. The third-order valence-electron chi connectivity index (χ3n) is 6.42. The maximum atomic E-state index is 13.0. The van der Waals surface area contributed by atoms with Crippen molar-refractivity contribution in [1.82, 2.24) is 9.80 Å². The molecule has 1 aromatic rings. The van der Waals surface area contributed by atoms with E-state index in [-0.39, 0.29) is 24.9 Å². The molecule has 3 aliphatic rings. The van der Waals surface area contributed by atoms with E-state index in [1.165, 1.54) is 4.90 Å². The minimum Gasteiger partial charge on any atom is -0.481 e. The van der Waals surface area contributed by atoms with E-state index in [1.807, 2.05) is 23.1 Å². The summed E-state index contributed by atoms with van der Waals surface area (Å²) >= 11 is 0. The normalized spacial score (nSPS) is 29.6. The van der Waals surface area contributed by atoms with Crippen molar-refractivity contribution >= 4 is 23.7 Å². The first kappa shape index (κ1) is 18.6. The molecule has 3 unspecified atom stereocenters. The maximum Gasteiger partial charge on any atom is 0.407 e. The summed E-state index contributed by atoms with van der Waals surface area (Å²) in [6, 6.07) is 10.1. The number of likely N-dealkylation sites (tertiary alicyclic amines) is 1. The molecule has 8 nitrogen and oxygen atoms in total. The van der Waals surface area contributed by atoms with Crippen LogP contribution in [0, 0.1) is 17.3 Å². The number of carbonyl (C=O) groups is 3. The summed E-state index contributed by atoms with van der Waals surface area (Å²) in [5.41, 5.74) is 0.638. The second-order valence-electron chi connectivity index (χ2n) is 8.17. The van der Waals surface area contributed by atoms with Crippen molar-refractivity contribution in [3.63, 3.8) is 0 Å². The van der Waals surface area contributed by atoms with Crippen molar-refractivity contribution < 1.29 is 24.6 Å². The number of aliphatic carboxylic acids is 1. The second kappa shape index (κ2) is 7.00. The molecule has 2 heterocycles. The fraction of sp³-hybridized carbons (Fsp3) is 0.550. The fourth-order valence-electron chi connectivity index (χ4n) is 4.78. The van der Waals surface area contributed by atoms with Crippen molar-refractivity contribution in [1.29, 1.82) is 0 Å². The molecule has 3 fully saturated rings. The van der Waals surface area contributed by atoms with Crippen LogP contribution in [0.3, 0.4) is 0 Å². The van der Waals surface area contributed by atoms with Crippen LogP contribution in [0.1, 0.15) is 12.8 Å². The summed E-state index contributed by atoms with van der Waals surface area (Å²) in [5, 5.41) is 18.7. The van der Waals surface area contributed by atoms with Crippen molar-refractivity contribution in [2.75, 3.05) is 44.2 Å². The fourth-order valence-corrected chi connectivity index (χ4v) is 4.78. The smallest absolute Gasteiger partial charge is 0.407 e. The zero-order valence-electron chi connectivity index (χ0n) is 15.7. The van der Waals surface area contributed by atoms with Gasteiger partial charge in [0.1, 0.15) is 0 Å². The molecular weight excluding hydrogens is 362 g/mol. The van der Waals surface area contributed by atoms with Gasteiger partial charge >= 0.3 is 12.1 Å². The van der Waals surface area contributed by atoms with Crippen molar-refractivity contribution in [2.24, 2.45) is 17.3 Å². The van der Waals surface area contributed by atoms with Crippen LogP contribution in [-0.2, 0) is 9.59 Å². The highest BCUT2D eigenvalue weighted by Crippen LogP contribution is 2.59. The first-order valence-electron chi connectivity index (χ1n) is 9.69. The number of nitrogens with zero attached hydrogens (tertiary/aromatic N) is 3. The Hall–Kier alpha value is -2.77. The lowest BCUT2D eigenvalue weighted by Gasteiger charge is -2.38. The summed E-state index contributed by atoms with van der Waals surface area (Å²) in [7, 11) is 0. The first-order chi connectivity index (χ1) is 13.4. The number of carboxylic acid groups (broad SMARTS) is 2. The molecule has 28 heavy (non-hydrogen) atoms. The van der Waals surface area contributed by atoms with Gasteiger partial charge in [0.15, 0.2) is 0 Å². The number of piperidine rings is 1. The van der Waals surface area contributed by atoms with Gasteiger partial charge in [-0.1, -0.05) is 18.2 Å². The number of piperazine rings is 1. The van der Waals surface area contributed by atoms with Gasteiger partial charge in [-0.2, -0.15) is 0 Å². The van der Waals surface area contributed by atoms with Gasteiger partial charge in [-0.05, 0) is 25.0 Å². The minimum atomic E-state index is -1.11. The molecule has 2 amide bonds. The Labute approximate surface area is 163 Å². The topological polar surface area (TPSA) is 101 Å². The quantitative estimate of drug-likeness (QED) is 0.814. The van der Waals surface area contributed by atoms with Crippen LogP contribution in [0.25, 0.3) is 0 Å². The minimum absolute atomic E-state index is 0.00305. The van der Waals surface area contributed by atoms with Crippen LogP contribution in [0.15, 0.2) is 30.3 Å². The molecule has 2 N–H and O–H groups in total. The van der Waals surface area contributed by atoms with Crippen LogP contribution in [0.4, 0.5) is 10.5 Å². The van der Waals surface area contributed by atoms with E-state index in [0.717, 1.165) is 18.8 Å².